The van der Waals surface area contributed by atoms with Gasteiger partial charge >= 0.3 is 0 Å². The highest BCUT2D eigenvalue weighted by Crippen LogP contribution is 2.20. The first-order valence-electron chi connectivity index (χ1n) is 6.38. The molecule has 0 aliphatic carbocycles. The van der Waals surface area contributed by atoms with Gasteiger partial charge in [-0.25, -0.2) is 4.98 Å². The third-order valence-electron chi connectivity index (χ3n) is 3.91. The second-order valence-corrected chi connectivity index (χ2v) is 5.08. The van der Waals surface area contributed by atoms with Crippen molar-refractivity contribution in [3.05, 3.63) is 35.9 Å². The van der Waals surface area contributed by atoms with E-state index in [1.807, 2.05) is 6.20 Å². The lowest BCUT2D eigenvalue weighted by Crippen LogP contribution is -2.27. The molecule has 1 atom stereocenters. The third kappa shape index (κ3) is 1.84. The van der Waals surface area contributed by atoms with E-state index >= 15 is 0 Å². The molecule has 1 unspecified atom stereocenters. The molecular weight excluding hydrogens is 210 g/mol. The maximum Gasteiger partial charge on any atom is 0.115 e. The highest BCUT2D eigenvalue weighted by atomic mass is 15.2. The standard InChI is InChI=1S/C14H19N3/c1-11-5-3-6-13-10-15-14(17(11)13)9-12-7-4-8-16(12)2/h3,5-6,10,12H,4,7-9H2,1-2H3. The minimum atomic E-state index is 0.667. The summed E-state index contributed by atoms with van der Waals surface area (Å²) < 4.78 is 2.28. The number of rotatable bonds is 2. The molecule has 0 radical (unpaired) electrons. The van der Waals surface area contributed by atoms with Crippen LogP contribution >= 0.6 is 0 Å². The summed E-state index contributed by atoms with van der Waals surface area (Å²) in [6.45, 7) is 3.38. The first kappa shape index (κ1) is 10.8. The van der Waals surface area contributed by atoms with Crippen LogP contribution in [0.3, 0.4) is 0 Å². The molecule has 0 saturated carbocycles. The van der Waals surface area contributed by atoms with Gasteiger partial charge in [-0.05, 0) is 45.5 Å². The fraction of sp³-hybridized carbons (Fsp3) is 0.500. The number of aromatic nitrogens is 2. The Bertz CT molecular complexity index is 529. The molecule has 0 spiro atoms. The number of fused-ring (bicyclic) bond motifs is 1. The van der Waals surface area contributed by atoms with Crippen molar-refractivity contribution in [3.8, 4) is 0 Å². The lowest BCUT2D eigenvalue weighted by Gasteiger charge is -2.18. The molecule has 1 saturated heterocycles. The Labute approximate surface area is 102 Å². The number of aryl methyl sites for hydroxylation is 1. The number of hydrogen-bond donors (Lipinski definition) is 0. The number of imidazole rings is 1. The van der Waals surface area contributed by atoms with E-state index in [1.165, 1.54) is 36.4 Å². The Balaban J connectivity index is 1.95. The topological polar surface area (TPSA) is 20.5 Å². The number of likely N-dealkylation sites (tertiary alicyclic amines) is 1. The van der Waals surface area contributed by atoms with Crippen LogP contribution in [0.5, 0.6) is 0 Å². The van der Waals surface area contributed by atoms with Crippen LogP contribution in [0.1, 0.15) is 24.4 Å². The Morgan fingerprint density at radius 1 is 1.41 bits per heavy atom. The number of nitrogens with zero attached hydrogens (tertiary/aromatic N) is 3. The molecule has 3 nitrogen and oxygen atoms in total. The molecule has 1 aliphatic heterocycles. The van der Waals surface area contributed by atoms with E-state index in [-0.39, 0.29) is 0 Å². The molecule has 2 aromatic rings. The fourth-order valence-corrected chi connectivity index (χ4v) is 2.88. The van der Waals surface area contributed by atoms with Crippen molar-refractivity contribution in [3.63, 3.8) is 0 Å². The normalized spacial score (nSPS) is 21.4. The quantitative estimate of drug-likeness (QED) is 0.787. The monoisotopic (exact) mass is 229 g/mol. The van der Waals surface area contributed by atoms with Gasteiger partial charge in [0, 0.05) is 18.2 Å². The summed E-state index contributed by atoms with van der Waals surface area (Å²) in [5, 5.41) is 0. The van der Waals surface area contributed by atoms with E-state index in [9.17, 15) is 0 Å². The molecule has 0 amide bonds. The third-order valence-corrected chi connectivity index (χ3v) is 3.91. The summed E-state index contributed by atoms with van der Waals surface area (Å²) in [7, 11) is 2.22. The van der Waals surface area contributed by atoms with E-state index in [0.717, 1.165) is 6.42 Å². The average Bonchev–Trinajstić information content (AvgIpc) is 2.89. The molecule has 3 heterocycles. The minimum absolute atomic E-state index is 0.667. The summed E-state index contributed by atoms with van der Waals surface area (Å²) in [4.78, 5) is 7.05. The molecule has 90 valence electrons. The van der Waals surface area contributed by atoms with Crippen molar-refractivity contribution in [1.82, 2.24) is 14.3 Å². The van der Waals surface area contributed by atoms with E-state index in [0.29, 0.717) is 6.04 Å². The van der Waals surface area contributed by atoms with Crippen molar-refractivity contribution in [2.45, 2.75) is 32.2 Å². The van der Waals surface area contributed by atoms with Crippen LogP contribution in [-0.2, 0) is 6.42 Å². The largest absolute Gasteiger partial charge is 0.303 e. The van der Waals surface area contributed by atoms with E-state index in [1.54, 1.807) is 0 Å². The summed E-state index contributed by atoms with van der Waals surface area (Å²) >= 11 is 0. The Morgan fingerprint density at radius 2 is 2.29 bits per heavy atom. The van der Waals surface area contributed by atoms with Gasteiger partial charge in [0.15, 0.2) is 0 Å². The molecule has 17 heavy (non-hydrogen) atoms. The number of hydrogen-bond acceptors (Lipinski definition) is 2. The van der Waals surface area contributed by atoms with Crippen LogP contribution in [0.4, 0.5) is 0 Å². The van der Waals surface area contributed by atoms with Gasteiger partial charge in [0.25, 0.3) is 0 Å². The Morgan fingerprint density at radius 3 is 3.06 bits per heavy atom. The van der Waals surface area contributed by atoms with Crippen LogP contribution in [0.2, 0.25) is 0 Å². The van der Waals surface area contributed by atoms with E-state index in [2.05, 4.69) is 46.5 Å². The maximum absolute atomic E-state index is 4.59. The van der Waals surface area contributed by atoms with Crippen LogP contribution in [-0.4, -0.2) is 33.9 Å². The number of pyridine rings is 1. The molecule has 0 aromatic carbocycles. The summed E-state index contributed by atoms with van der Waals surface area (Å²) in [5.41, 5.74) is 2.48. The first-order chi connectivity index (χ1) is 8.25. The van der Waals surface area contributed by atoms with E-state index < -0.39 is 0 Å². The molecule has 3 heteroatoms. The zero-order chi connectivity index (χ0) is 11.8. The molecule has 1 aliphatic rings. The van der Waals surface area contributed by atoms with Gasteiger partial charge in [0.1, 0.15) is 5.82 Å². The Hall–Kier alpha value is -1.35. The average molecular weight is 229 g/mol. The predicted octanol–water partition coefficient (Wildman–Crippen LogP) is 2.28. The smallest absolute Gasteiger partial charge is 0.115 e. The summed E-state index contributed by atoms with van der Waals surface area (Å²) in [5.74, 6) is 1.21. The van der Waals surface area contributed by atoms with Gasteiger partial charge in [0.2, 0.25) is 0 Å². The molecule has 3 rings (SSSR count). The van der Waals surface area contributed by atoms with E-state index in [4.69, 9.17) is 0 Å². The van der Waals surface area contributed by atoms with Crippen LogP contribution < -0.4 is 0 Å². The van der Waals surface area contributed by atoms with Gasteiger partial charge in [-0.15, -0.1) is 0 Å². The van der Waals surface area contributed by atoms with Crippen molar-refractivity contribution in [2.24, 2.45) is 0 Å². The summed E-state index contributed by atoms with van der Waals surface area (Å²) in [6.07, 6.45) is 5.67. The molecule has 2 aromatic heterocycles. The lowest BCUT2D eigenvalue weighted by atomic mass is 10.1. The zero-order valence-electron chi connectivity index (χ0n) is 10.6. The zero-order valence-corrected chi connectivity index (χ0v) is 10.6. The Kier molecular flexibility index (Phi) is 2.63. The highest BCUT2D eigenvalue weighted by molar-refractivity contribution is 5.47. The van der Waals surface area contributed by atoms with Crippen molar-refractivity contribution >= 4 is 5.52 Å². The first-order valence-corrected chi connectivity index (χ1v) is 6.38. The lowest BCUT2D eigenvalue weighted by molar-refractivity contribution is 0.305. The van der Waals surface area contributed by atoms with Crippen molar-refractivity contribution < 1.29 is 0 Å². The SMILES string of the molecule is Cc1cccc2cnc(CC3CCCN3C)n12. The fourth-order valence-electron chi connectivity index (χ4n) is 2.88. The molecule has 0 N–H and O–H groups in total. The van der Waals surface area contributed by atoms with Crippen molar-refractivity contribution in [2.75, 3.05) is 13.6 Å². The highest BCUT2D eigenvalue weighted by Gasteiger charge is 2.22. The minimum Gasteiger partial charge on any atom is -0.303 e. The van der Waals surface area contributed by atoms with Crippen LogP contribution in [0, 0.1) is 6.92 Å². The number of likely N-dealkylation sites (N-methyl/N-ethyl adjacent to an activating group) is 1. The molecule has 0 bridgehead atoms. The molecular formula is C14H19N3. The second kappa shape index (κ2) is 4.15. The molecule has 1 fully saturated rings. The van der Waals surface area contributed by atoms with Gasteiger partial charge in [-0.1, -0.05) is 6.07 Å². The maximum atomic E-state index is 4.59. The van der Waals surface area contributed by atoms with Gasteiger partial charge in [0.05, 0.1) is 11.7 Å². The second-order valence-electron chi connectivity index (χ2n) is 5.08. The van der Waals surface area contributed by atoms with Gasteiger partial charge in [-0.2, -0.15) is 0 Å². The van der Waals surface area contributed by atoms with Crippen molar-refractivity contribution in [1.29, 1.82) is 0 Å². The van der Waals surface area contributed by atoms with Crippen LogP contribution in [0.15, 0.2) is 24.4 Å². The van der Waals surface area contributed by atoms with Gasteiger partial charge in [-0.3, -0.25) is 0 Å². The van der Waals surface area contributed by atoms with Gasteiger partial charge < -0.3 is 9.30 Å². The predicted molar refractivity (Wildman–Crippen MR) is 69.3 cm³/mol. The van der Waals surface area contributed by atoms with Crippen LogP contribution in [0.25, 0.3) is 5.52 Å². The summed E-state index contributed by atoms with van der Waals surface area (Å²) in [6, 6.07) is 7.04.